The van der Waals surface area contributed by atoms with E-state index in [1.165, 1.54) is 276 Å². The highest BCUT2D eigenvalue weighted by molar-refractivity contribution is 7.47. The minimum atomic E-state index is -4.96. The van der Waals surface area contributed by atoms with Crippen LogP contribution in [0.4, 0.5) is 0 Å². The zero-order valence-corrected chi connectivity index (χ0v) is 69.3. The number of phosphoric acid groups is 2. The lowest BCUT2D eigenvalue weighted by Crippen LogP contribution is -2.30. The van der Waals surface area contributed by atoms with E-state index in [2.05, 4.69) is 34.6 Å². The van der Waals surface area contributed by atoms with Crippen molar-refractivity contribution in [3.8, 4) is 0 Å². The largest absolute Gasteiger partial charge is 0.472 e. The quantitative estimate of drug-likeness (QED) is 0.0222. The molecule has 0 aromatic carbocycles. The molecule has 3 unspecified atom stereocenters. The second kappa shape index (κ2) is 76.8. The summed E-state index contributed by atoms with van der Waals surface area (Å²) in [6, 6.07) is 0. The molecule has 0 radical (unpaired) electrons. The molecule has 103 heavy (non-hydrogen) atoms. The molecule has 0 aliphatic rings. The number of hydrogen-bond acceptors (Lipinski definition) is 15. The van der Waals surface area contributed by atoms with Gasteiger partial charge in [-0.1, -0.05) is 401 Å². The molecule has 3 N–H and O–H groups in total. The van der Waals surface area contributed by atoms with Gasteiger partial charge in [-0.05, 0) is 31.6 Å². The van der Waals surface area contributed by atoms with Gasteiger partial charge < -0.3 is 33.8 Å². The molecule has 0 rings (SSSR count). The van der Waals surface area contributed by atoms with E-state index < -0.39 is 97.5 Å². The van der Waals surface area contributed by atoms with Gasteiger partial charge in [0.1, 0.15) is 19.3 Å². The summed E-state index contributed by atoms with van der Waals surface area (Å²) in [6.45, 7) is 7.42. The zero-order valence-electron chi connectivity index (χ0n) is 67.5. The van der Waals surface area contributed by atoms with Crippen molar-refractivity contribution in [3.05, 3.63) is 0 Å². The van der Waals surface area contributed by atoms with Crippen molar-refractivity contribution in [1.82, 2.24) is 0 Å². The van der Waals surface area contributed by atoms with Gasteiger partial charge in [0.2, 0.25) is 0 Å². The molecule has 0 fully saturated rings. The SMILES string of the molecule is CCCCCCCCCCCCCCCCCCC(=O)OC[C@H](COP(=O)(O)OC[C@@H](O)COP(=O)(O)OC[C@@H](COC(=O)CCCCCCCCCCCCCCC)OC(=O)CCCCCCCCCCCCCCCCCC)OC(=O)CCCCCCCCCCCCCCCCC(C)CC. The van der Waals surface area contributed by atoms with Crippen LogP contribution in [-0.4, -0.2) is 96.7 Å². The molecule has 0 aromatic heterocycles. The van der Waals surface area contributed by atoms with Crippen LogP contribution in [0.1, 0.15) is 452 Å². The second-order valence-corrected chi connectivity index (χ2v) is 33.4. The van der Waals surface area contributed by atoms with E-state index >= 15 is 0 Å². The molecule has 19 heteroatoms. The predicted octanol–water partition coefficient (Wildman–Crippen LogP) is 25.6. The Kier molecular flexibility index (Phi) is 75.4. The number of hydrogen-bond donors (Lipinski definition) is 3. The van der Waals surface area contributed by atoms with Crippen molar-refractivity contribution in [1.29, 1.82) is 0 Å². The van der Waals surface area contributed by atoms with E-state index in [1.807, 2.05) is 0 Å². The summed E-state index contributed by atoms with van der Waals surface area (Å²) in [7, 11) is -9.93. The topological polar surface area (TPSA) is 237 Å². The minimum absolute atomic E-state index is 0.109. The Morgan fingerprint density at radius 3 is 0.689 bits per heavy atom. The third-order valence-electron chi connectivity index (χ3n) is 20.1. The minimum Gasteiger partial charge on any atom is -0.462 e. The summed E-state index contributed by atoms with van der Waals surface area (Å²) in [5, 5.41) is 10.7. The Morgan fingerprint density at radius 2 is 0.466 bits per heavy atom. The van der Waals surface area contributed by atoms with Crippen LogP contribution in [0.25, 0.3) is 0 Å². The van der Waals surface area contributed by atoms with Gasteiger partial charge in [0.05, 0.1) is 26.4 Å². The van der Waals surface area contributed by atoms with Crippen molar-refractivity contribution < 1.29 is 80.2 Å². The molecule has 0 bridgehead atoms. The van der Waals surface area contributed by atoms with Crippen molar-refractivity contribution in [3.63, 3.8) is 0 Å². The number of ether oxygens (including phenoxy) is 4. The van der Waals surface area contributed by atoms with E-state index in [1.54, 1.807) is 0 Å². The first-order valence-corrected chi connectivity index (χ1v) is 46.7. The van der Waals surface area contributed by atoms with Crippen LogP contribution >= 0.6 is 15.6 Å². The van der Waals surface area contributed by atoms with Crippen LogP contribution in [0.15, 0.2) is 0 Å². The number of rotatable bonds is 84. The average Bonchev–Trinajstić information content (AvgIpc) is 1.22. The van der Waals surface area contributed by atoms with E-state index in [4.69, 9.17) is 37.0 Å². The highest BCUT2D eigenvalue weighted by Gasteiger charge is 2.30. The Hall–Kier alpha value is -1.94. The van der Waals surface area contributed by atoms with Crippen molar-refractivity contribution in [2.24, 2.45) is 5.92 Å². The van der Waals surface area contributed by atoms with Gasteiger partial charge in [0.15, 0.2) is 12.2 Å². The first-order chi connectivity index (χ1) is 50.1. The summed E-state index contributed by atoms with van der Waals surface area (Å²) in [5.74, 6) is -1.25. The molecule has 0 aromatic rings. The number of aliphatic hydroxyl groups is 1. The first-order valence-electron chi connectivity index (χ1n) is 43.7. The van der Waals surface area contributed by atoms with Gasteiger partial charge >= 0.3 is 39.5 Å². The van der Waals surface area contributed by atoms with Gasteiger partial charge in [-0.15, -0.1) is 0 Å². The Labute approximate surface area is 632 Å². The number of carbonyl (C=O) groups is 4. The monoisotopic (exact) mass is 1510 g/mol. The van der Waals surface area contributed by atoms with Crippen LogP contribution in [0.5, 0.6) is 0 Å². The summed E-state index contributed by atoms with van der Waals surface area (Å²) >= 11 is 0. The van der Waals surface area contributed by atoms with Gasteiger partial charge in [0, 0.05) is 25.7 Å². The molecule has 0 saturated carbocycles. The van der Waals surface area contributed by atoms with E-state index in [0.717, 1.165) is 95.8 Å². The van der Waals surface area contributed by atoms with Crippen molar-refractivity contribution >= 4 is 39.5 Å². The fraction of sp³-hybridized carbons (Fsp3) is 0.952. The summed E-state index contributed by atoms with van der Waals surface area (Å²) in [4.78, 5) is 73.2. The number of phosphoric ester groups is 2. The maximum atomic E-state index is 13.1. The van der Waals surface area contributed by atoms with Gasteiger partial charge in [-0.3, -0.25) is 37.3 Å². The lowest BCUT2D eigenvalue weighted by Gasteiger charge is -2.21. The molecule has 0 heterocycles. The van der Waals surface area contributed by atoms with E-state index in [0.29, 0.717) is 25.7 Å². The highest BCUT2D eigenvalue weighted by Crippen LogP contribution is 2.45. The Morgan fingerprint density at radius 1 is 0.272 bits per heavy atom. The predicted molar refractivity (Wildman–Crippen MR) is 423 cm³/mol. The van der Waals surface area contributed by atoms with Crippen LogP contribution in [-0.2, 0) is 65.4 Å². The number of esters is 4. The van der Waals surface area contributed by atoms with Gasteiger partial charge in [-0.2, -0.15) is 0 Å². The average molecular weight is 1510 g/mol. The van der Waals surface area contributed by atoms with Gasteiger partial charge in [0.25, 0.3) is 0 Å². The second-order valence-electron chi connectivity index (χ2n) is 30.5. The number of unbranched alkanes of at least 4 members (excludes halogenated alkanes) is 55. The molecule has 0 aliphatic heterocycles. The normalized spacial score (nSPS) is 14.1. The third-order valence-corrected chi connectivity index (χ3v) is 22.0. The molecule has 0 aliphatic carbocycles. The van der Waals surface area contributed by atoms with E-state index in [9.17, 15) is 43.2 Å². The van der Waals surface area contributed by atoms with Crippen molar-refractivity contribution in [2.75, 3.05) is 39.6 Å². The van der Waals surface area contributed by atoms with Crippen LogP contribution in [0.2, 0.25) is 0 Å². The maximum Gasteiger partial charge on any atom is 0.472 e. The lowest BCUT2D eigenvalue weighted by atomic mass is 9.99. The third kappa shape index (κ3) is 76.6. The number of aliphatic hydroxyl groups excluding tert-OH is 1. The molecule has 0 amide bonds. The zero-order chi connectivity index (χ0) is 75.5. The van der Waals surface area contributed by atoms with E-state index in [-0.39, 0.29) is 25.7 Å². The standard InChI is InChI=1S/C84H164O17P2/c1-6-10-13-16-19-22-25-28-30-32-38-43-48-53-58-63-68-82(87)95-74-80(101-84(89)70-65-60-55-50-45-40-35-34-37-41-46-51-56-61-66-77(5)9-4)76-99-103(92,93)97-72-78(85)71-96-102(90,91)98-75-79(73-94-81(86)67-62-57-52-47-42-36-27-24-21-18-15-12-8-3)100-83(88)69-64-59-54-49-44-39-33-31-29-26-23-20-17-14-11-7-2/h77-80,85H,6-76H2,1-5H3,(H,90,91)(H,92,93)/t77?,78-,79+,80+/m0/s1. The highest BCUT2D eigenvalue weighted by atomic mass is 31.2. The first kappa shape index (κ1) is 101. The Bertz CT molecular complexity index is 1960. The Balaban J connectivity index is 5.27. The fourth-order valence-corrected chi connectivity index (χ4v) is 14.7. The van der Waals surface area contributed by atoms with Crippen LogP contribution in [0.3, 0.4) is 0 Å². The molecule has 17 nitrogen and oxygen atoms in total. The molecular formula is C84H164O17P2. The maximum absolute atomic E-state index is 13.1. The van der Waals surface area contributed by atoms with Crippen molar-refractivity contribution in [2.45, 2.75) is 470 Å². The lowest BCUT2D eigenvalue weighted by molar-refractivity contribution is -0.161. The summed E-state index contributed by atoms with van der Waals surface area (Å²) < 4.78 is 68.9. The molecular weight excluding hydrogens is 1340 g/mol. The van der Waals surface area contributed by atoms with Crippen LogP contribution in [0, 0.1) is 5.92 Å². The summed E-state index contributed by atoms with van der Waals surface area (Å²) in [5.41, 5.74) is 0. The van der Waals surface area contributed by atoms with Gasteiger partial charge in [-0.25, -0.2) is 9.13 Å². The van der Waals surface area contributed by atoms with Crippen LogP contribution < -0.4 is 0 Å². The molecule has 0 saturated heterocycles. The summed E-state index contributed by atoms with van der Waals surface area (Å²) in [6.07, 6.45) is 69.1. The number of carbonyl (C=O) groups excluding carboxylic acids is 4. The smallest absolute Gasteiger partial charge is 0.462 e. The fourth-order valence-electron chi connectivity index (χ4n) is 13.1. The molecule has 612 valence electrons. The molecule has 0 spiro atoms. The molecule has 6 atom stereocenters.